The number of aliphatic hydroxyl groups excluding tert-OH is 5. The Morgan fingerprint density at radius 2 is 0.914 bits per heavy atom. The fourth-order valence-corrected chi connectivity index (χ4v) is 7.60. The van der Waals surface area contributed by atoms with E-state index >= 15 is 0 Å². The highest BCUT2D eigenvalue weighted by Gasteiger charge is 2.52. The molecule has 3 rings (SSSR count). The lowest BCUT2D eigenvalue weighted by Crippen LogP contribution is -2.58. The van der Waals surface area contributed by atoms with Crippen LogP contribution in [0.5, 0.6) is 0 Å². The van der Waals surface area contributed by atoms with E-state index in [4.69, 9.17) is 18.9 Å². The van der Waals surface area contributed by atoms with Crippen LogP contribution in [0.1, 0.15) is 130 Å². The Bertz CT molecular complexity index is 1400. The zero-order valence-corrected chi connectivity index (χ0v) is 34.8. The van der Waals surface area contributed by atoms with E-state index in [1.807, 2.05) is 42.5 Å². The van der Waals surface area contributed by atoms with Gasteiger partial charge < -0.3 is 54.7 Å². The highest BCUT2D eigenvalue weighted by molar-refractivity contribution is 5.79. The van der Waals surface area contributed by atoms with Crippen molar-refractivity contribution in [3.8, 4) is 0 Å². The summed E-state index contributed by atoms with van der Waals surface area (Å²) in [7, 11) is 0. The maximum absolute atomic E-state index is 12.9. The van der Waals surface area contributed by atoms with Gasteiger partial charge in [0.05, 0.1) is 42.7 Å². The molecule has 4 bridgehead atoms. The number of ketones is 1. The van der Waals surface area contributed by atoms with Gasteiger partial charge in [0.2, 0.25) is 23.8 Å². The van der Waals surface area contributed by atoms with Crippen LogP contribution in [0.2, 0.25) is 0 Å². The summed E-state index contributed by atoms with van der Waals surface area (Å²) in [6, 6.07) is 0. The maximum Gasteiger partial charge on any atom is 0.340 e. The molecule has 2 saturated heterocycles. The zero-order chi connectivity index (χ0) is 42.9. The maximum atomic E-state index is 12.9. The van der Waals surface area contributed by atoms with E-state index in [1.165, 1.54) is 0 Å². The first-order valence-corrected chi connectivity index (χ1v) is 21.2. The molecule has 13 atom stereocenters. The van der Waals surface area contributed by atoms with Gasteiger partial charge in [0.1, 0.15) is 5.78 Å². The van der Waals surface area contributed by atoms with Crippen molar-refractivity contribution in [3.05, 3.63) is 48.6 Å². The number of carbonyl (C=O) groups is 3. The van der Waals surface area contributed by atoms with Crippen molar-refractivity contribution < 1.29 is 69.1 Å². The van der Waals surface area contributed by atoms with E-state index in [-0.39, 0.29) is 31.5 Å². The topological polar surface area (TPSA) is 230 Å². The molecular weight excluding hydrogens is 752 g/mol. The minimum atomic E-state index is -2.23. The molecule has 0 radical (unpaired) electrons. The monoisotopic (exact) mass is 822 g/mol. The van der Waals surface area contributed by atoms with Crippen LogP contribution in [-0.2, 0) is 33.3 Å². The van der Waals surface area contributed by atoms with E-state index in [9.17, 15) is 50.1 Å². The molecule has 0 spiro atoms. The number of fused-ring (bicyclic) bond motifs is 4. The van der Waals surface area contributed by atoms with E-state index in [1.54, 1.807) is 33.8 Å². The Morgan fingerprint density at radius 3 is 1.40 bits per heavy atom. The molecule has 0 aromatic carbocycles. The second-order valence-corrected chi connectivity index (χ2v) is 16.6. The Hall–Kier alpha value is -2.79. The Balaban J connectivity index is 1.62. The standard InChI is InChI=1S/C44H70O14/c1-29-21-23-37-27-35(47)25-33(45)19-15-11-8-6-10-14-18-32(4)56-42(52)40(50)44(54)30(2)22-24-38(58-44)28-36(48)26-34(46)20-16-12-7-5-9-13-17-31(3)55-41(51)39(49)43(29,53)57-37/h5-12,29-35,37-40,45-47,49-50,53-54H,13-28H2,1-4H3/b9-5-,10-6-,11-8-,12-7-/t29-,30-,31+,32+,33+,34+,35+,37+,38+,39-,40+,43-,44-/m1/s1. The Labute approximate surface area is 343 Å². The van der Waals surface area contributed by atoms with Crippen molar-refractivity contribution in [2.24, 2.45) is 11.8 Å². The van der Waals surface area contributed by atoms with E-state index in [0.29, 0.717) is 77.0 Å². The molecule has 2 fully saturated rings. The fraction of sp³-hybridized carbons (Fsp3) is 0.750. The third-order valence-electron chi connectivity index (χ3n) is 11.4. The van der Waals surface area contributed by atoms with Crippen molar-refractivity contribution in [2.75, 3.05) is 0 Å². The van der Waals surface area contributed by atoms with Crippen LogP contribution >= 0.6 is 0 Å². The summed E-state index contributed by atoms with van der Waals surface area (Å²) >= 11 is 0. The molecule has 0 amide bonds. The second kappa shape index (κ2) is 24.5. The zero-order valence-electron chi connectivity index (χ0n) is 34.8. The molecule has 0 aromatic rings. The first-order valence-electron chi connectivity index (χ1n) is 21.2. The quantitative estimate of drug-likeness (QED) is 0.170. The van der Waals surface area contributed by atoms with Crippen molar-refractivity contribution in [3.63, 3.8) is 0 Å². The van der Waals surface area contributed by atoms with Crippen LogP contribution in [0.3, 0.4) is 0 Å². The molecule has 0 saturated carbocycles. The summed E-state index contributed by atoms with van der Waals surface area (Å²) in [5.74, 6) is -7.90. The number of aliphatic hydroxyl groups is 7. The number of Topliss-reactive ketones (excluding diaryl/α,β-unsaturated/α-hetero) is 1. The number of hydrogen-bond acceptors (Lipinski definition) is 14. The van der Waals surface area contributed by atoms with Crippen molar-refractivity contribution in [2.45, 2.75) is 197 Å². The molecular formula is C44H70O14. The third-order valence-corrected chi connectivity index (χ3v) is 11.4. The lowest BCUT2D eigenvalue weighted by molar-refractivity contribution is -0.319. The normalized spacial score (nSPS) is 42.1. The van der Waals surface area contributed by atoms with Gasteiger partial charge in [-0.3, -0.25) is 4.79 Å². The summed E-state index contributed by atoms with van der Waals surface area (Å²) in [5.41, 5.74) is 0. The molecule has 3 aliphatic rings. The number of allylic oxidation sites excluding steroid dienone is 8. The van der Waals surface area contributed by atoms with Gasteiger partial charge in [-0.2, -0.15) is 0 Å². The molecule has 0 aromatic heterocycles. The van der Waals surface area contributed by atoms with Crippen LogP contribution in [0.15, 0.2) is 48.6 Å². The fourth-order valence-electron chi connectivity index (χ4n) is 7.60. The molecule has 330 valence electrons. The molecule has 14 nitrogen and oxygen atoms in total. The summed E-state index contributed by atoms with van der Waals surface area (Å²) < 4.78 is 22.5. The first kappa shape index (κ1) is 49.6. The smallest absolute Gasteiger partial charge is 0.340 e. The van der Waals surface area contributed by atoms with Crippen LogP contribution in [0.25, 0.3) is 0 Å². The number of ether oxygens (including phenoxy) is 4. The predicted molar refractivity (Wildman–Crippen MR) is 215 cm³/mol. The molecule has 0 unspecified atom stereocenters. The van der Waals surface area contributed by atoms with E-state index < -0.39 is 90.3 Å². The van der Waals surface area contributed by atoms with Gasteiger partial charge in [0, 0.05) is 24.7 Å². The van der Waals surface area contributed by atoms with Gasteiger partial charge in [-0.1, -0.05) is 62.5 Å². The van der Waals surface area contributed by atoms with Crippen molar-refractivity contribution in [1.82, 2.24) is 0 Å². The lowest BCUT2D eigenvalue weighted by atomic mass is 9.85. The molecule has 3 aliphatic heterocycles. The van der Waals surface area contributed by atoms with E-state index in [2.05, 4.69) is 0 Å². The van der Waals surface area contributed by atoms with Gasteiger partial charge >= 0.3 is 11.9 Å². The SMILES string of the molecule is C[C@@H]1CC[C@H]2C[C@@H](O)C[C@@H](O)CC/C=C\C=C/CC[C@H](C)OC(=O)[C@H](O)[C@]3(O)O[C@@H](CC[C@H]3C)CC(=O)C[C@@H](O)CC/C=C\C=C/CC[C@H](C)OC(=O)[C@@H](O)[C@]1(O)O2. The highest BCUT2D eigenvalue weighted by atomic mass is 16.7. The van der Waals surface area contributed by atoms with Gasteiger partial charge in [-0.15, -0.1) is 0 Å². The predicted octanol–water partition coefficient (Wildman–Crippen LogP) is 4.15. The number of cyclic esters (lactones) is 2. The Morgan fingerprint density at radius 1 is 0.500 bits per heavy atom. The first-order chi connectivity index (χ1) is 27.4. The summed E-state index contributed by atoms with van der Waals surface area (Å²) in [6.45, 7) is 6.70. The highest BCUT2D eigenvalue weighted by Crippen LogP contribution is 2.38. The number of carbonyl (C=O) groups excluding carboxylic acids is 3. The van der Waals surface area contributed by atoms with E-state index in [0.717, 1.165) is 0 Å². The van der Waals surface area contributed by atoms with Crippen LogP contribution in [0.4, 0.5) is 0 Å². The minimum Gasteiger partial charge on any atom is -0.461 e. The summed E-state index contributed by atoms with van der Waals surface area (Å²) in [4.78, 5) is 38.6. The molecule has 0 aliphatic carbocycles. The Kier molecular flexibility index (Phi) is 20.9. The molecule has 58 heavy (non-hydrogen) atoms. The van der Waals surface area contributed by atoms with Crippen LogP contribution in [-0.4, -0.2) is 120 Å². The summed E-state index contributed by atoms with van der Waals surface area (Å²) in [6.07, 6.45) is 11.2. The van der Waals surface area contributed by atoms with Gasteiger partial charge in [0.15, 0.2) is 0 Å². The van der Waals surface area contributed by atoms with Crippen LogP contribution < -0.4 is 0 Å². The number of hydrogen-bond donors (Lipinski definition) is 7. The largest absolute Gasteiger partial charge is 0.461 e. The average molecular weight is 823 g/mol. The second-order valence-electron chi connectivity index (χ2n) is 16.6. The summed E-state index contributed by atoms with van der Waals surface area (Å²) in [5, 5.41) is 76.1. The molecule has 3 heterocycles. The van der Waals surface area contributed by atoms with Crippen molar-refractivity contribution in [1.29, 1.82) is 0 Å². The molecule has 7 N–H and O–H groups in total. The third kappa shape index (κ3) is 16.0. The van der Waals surface area contributed by atoms with Gasteiger partial charge in [0.25, 0.3) is 0 Å². The number of rotatable bonds is 0. The van der Waals surface area contributed by atoms with Crippen LogP contribution in [0, 0.1) is 11.8 Å². The average Bonchev–Trinajstić information content (AvgIpc) is 3.15. The minimum absolute atomic E-state index is 0.0843. The molecule has 14 heteroatoms. The number of esters is 2. The van der Waals surface area contributed by atoms with Crippen molar-refractivity contribution >= 4 is 17.7 Å². The van der Waals surface area contributed by atoms with Gasteiger partial charge in [-0.25, -0.2) is 9.59 Å². The lowest BCUT2D eigenvalue weighted by Gasteiger charge is -2.44. The van der Waals surface area contributed by atoms with Gasteiger partial charge in [-0.05, 0) is 104 Å².